The summed E-state index contributed by atoms with van der Waals surface area (Å²) in [6.07, 6.45) is 1.93. The number of rotatable bonds is 6. The second-order valence-corrected chi connectivity index (χ2v) is 7.90. The van der Waals surface area contributed by atoms with Crippen LogP contribution in [0.2, 0.25) is 5.02 Å². The Bertz CT molecular complexity index is 1120. The Morgan fingerprint density at radius 1 is 1.31 bits per heavy atom. The van der Waals surface area contributed by atoms with Crippen LogP contribution < -0.4 is 5.32 Å². The molecular formula is C20H15ClFN5OS. The first kappa shape index (κ1) is 19.4. The summed E-state index contributed by atoms with van der Waals surface area (Å²) < 4.78 is 16.1. The standard InChI is InChI=1S/C20H15ClFN5OS/c21-13-6-5-12(10-23)17(9-13)24-18(28)11-29-20-26-25-19(27(20)14-7-8-14)15-3-1-2-4-16(15)22/h1-6,9,14H,7-8,11H2,(H,24,28). The lowest BCUT2D eigenvalue weighted by Gasteiger charge is -2.10. The van der Waals surface area contributed by atoms with Crippen molar-refractivity contribution in [2.45, 2.75) is 24.0 Å². The summed E-state index contributed by atoms with van der Waals surface area (Å²) in [5, 5.41) is 21.2. The molecule has 0 radical (unpaired) electrons. The molecule has 1 aliphatic rings. The quantitative estimate of drug-likeness (QED) is 0.577. The van der Waals surface area contributed by atoms with Crippen molar-refractivity contribution in [3.63, 3.8) is 0 Å². The van der Waals surface area contributed by atoms with E-state index in [1.165, 1.54) is 23.9 Å². The summed E-state index contributed by atoms with van der Waals surface area (Å²) in [6, 6.07) is 13.3. The second-order valence-electron chi connectivity index (χ2n) is 6.53. The maximum Gasteiger partial charge on any atom is 0.234 e. The average Bonchev–Trinajstić information content (AvgIpc) is 3.46. The zero-order chi connectivity index (χ0) is 20.4. The molecule has 146 valence electrons. The number of carbonyl (C=O) groups excluding carboxylic acids is 1. The van der Waals surface area contributed by atoms with E-state index >= 15 is 0 Å². The smallest absolute Gasteiger partial charge is 0.234 e. The Labute approximate surface area is 175 Å². The van der Waals surface area contributed by atoms with Gasteiger partial charge in [-0.05, 0) is 43.2 Å². The molecule has 1 aromatic heterocycles. The first-order valence-electron chi connectivity index (χ1n) is 8.89. The first-order chi connectivity index (χ1) is 14.1. The van der Waals surface area contributed by atoms with Crippen molar-refractivity contribution < 1.29 is 9.18 Å². The molecule has 2 aromatic carbocycles. The third kappa shape index (κ3) is 4.26. The monoisotopic (exact) mass is 427 g/mol. The van der Waals surface area contributed by atoms with Gasteiger partial charge in [0.15, 0.2) is 11.0 Å². The lowest BCUT2D eigenvalue weighted by molar-refractivity contribution is -0.113. The summed E-state index contributed by atoms with van der Waals surface area (Å²) in [4.78, 5) is 12.4. The van der Waals surface area contributed by atoms with Crippen LogP contribution in [0.1, 0.15) is 24.4 Å². The van der Waals surface area contributed by atoms with Gasteiger partial charge in [0, 0.05) is 11.1 Å². The molecule has 0 saturated heterocycles. The highest BCUT2D eigenvalue weighted by Gasteiger charge is 2.31. The Kier molecular flexibility index (Phi) is 5.51. The Morgan fingerprint density at radius 3 is 2.83 bits per heavy atom. The number of hydrogen-bond donors (Lipinski definition) is 1. The number of anilines is 1. The molecule has 0 bridgehead atoms. The fourth-order valence-corrected chi connectivity index (χ4v) is 3.87. The van der Waals surface area contributed by atoms with Gasteiger partial charge in [-0.2, -0.15) is 5.26 Å². The van der Waals surface area contributed by atoms with Gasteiger partial charge in [-0.25, -0.2) is 4.39 Å². The number of amides is 1. The topological polar surface area (TPSA) is 83.6 Å². The Hall–Kier alpha value is -2.89. The summed E-state index contributed by atoms with van der Waals surface area (Å²) in [6.45, 7) is 0. The van der Waals surface area contributed by atoms with Gasteiger partial charge in [-0.1, -0.05) is 35.5 Å². The number of thioether (sulfide) groups is 1. The first-order valence-corrected chi connectivity index (χ1v) is 10.3. The average molecular weight is 428 g/mol. The minimum atomic E-state index is -0.360. The number of nitrogens with one attached hydrogen (secondary N) is 1. The number of halogens is 2. The molecule has 1 heterocycles. The predicted octanol–water partition coefficient (Wildman–Crippen LogP) is 4.67. The number of hydrogen-bond acceptors (Lipinski definition) is 5. The van der Waals surface area contributed by atoms with Crippen LogP contribution in [0.15, 0.2) is 47.6 Å². The lowest BCUT2D eigenvalue weighted by atomic mass is 10.2. The van der Waals surface area contributed by atoms with E-state index in [1.54, 1.807) is 30.3 Å². The molecule has 0 unspecified atom stereocenters. The van der Waals surface area contributed by atoms with Crippen LogP contribution in [-0.4, -0.2) is 26.4 Å². The second kappa shape index (κ2) is 8.23. The van der Waals surface area contributed by atoms with Crippen molar-refractivity contribution in [1.82, 2.24) is 14.8 Å². The lowest BCUT2D eigenvalue weighted by Crippen LogP contribution is -2.15. The van der Waals surface area contributed by atoms with Crippen molar-refractivity contribution in [2.24, 2.45) is 0 Å². The fourth-order valence-electron chi connectivity index (χ4n) is 2.90. The predicted molar refractivity (Wildman–Crippen MR) is 109 cm³/mol. The van der Waals surface area contributed by atoms with Crippen LogP contribution in [0.4, 0.5) is 10.1 Å². The number of carbonyl (C=O) groups is 1. The molecule has 3 aromatic rings. The van der Waals surface area contributed by atoms with Gasteiger partial charge < -0.3 is 5.32 Å². The van der Waals surface area contributed by atoms with E-state index < -0.39 is 0 Å². The van der Waals surface area contributed by atoms with Crippen LogP contribution in [0.3, 0.4) is 0 Å². The minimum absolute atomic E-state index is 0.0690. The third-order valence-corrected chi connectivity index (χ3v) is 5.58. The van der Waals surface area contributed by atoms with Gasteiger partial charge in [0.2, 0.25) is 5.91 Å². The zero-order valence-corrected chi connectivity index (χ0v) is 16.7. The zero-order valence-electron chi connectivity index (χ0n) is 15.1. The van der Waals surface area contributed by atoms with E-state index in [-0.39, 0.29) is 23.5 Å². The van der Waals surface area contributed by atoms with E-state index in [2.05, 4.69) is 15.5 Å². The van der Waals surface area contributed by atoms with Gasteiger partial charge >= 0.3 is 0 Å². The maximum atomic E-state index is 14.2. The normalized spacial score (nSPS) is 13.1. The van der Waals surface area contributed by atoms with E-state index in [0.29, 0.717) is 32.8 Å². The number of benzene rings is 2. The van der Waals surface area contributed by atoms with Crippen LogP contribution >= 0.6 is 23.4 Å². The van der Waals surface area contributed by atoms with Crippen LogP contribution in [0, 0.1) is 17.1 Å². The van der Waals surface area contributed by atoms with Gasteiger partial charge in [0.1, 0.15) is 11.9 Å². The van der Waals surface area contributed by atoms with Crippen molar-refractivity contribution >= 4 is 35.0 Å². The van der Waals surface area contributed by atoms with E-state index in [1.807, 2.05) is 10.6 Å². The van der Waals surface area contributed by atoms with E-state index in [9.17, 15) is 9.18 Å². The van der Waals surface area contributed by atoms with Crippen molar-refractivity contribution in [3.8, 4) is 17.5 Å². The van der Waals surface area contributed by atoms with E-state index in [4.69, 9.17) is 16.9 Å². The SMILES string of the molecule is N#Cc1ccc(Cl)cc1NC(=O)CSc1nnc(-c2ccccc2F)n1C1CC1. The molecule has 0 spiro atoms. The largest absolute Gasteiger partial charge is 0.324 e. The number of nitrogens with zero attached hydrogens (tertiary/aromatic N) is 4. The number of aromatic nitrogens is 3. The fraction of sp³-hybridized carbons (Fsp3) is 0.200. The third-order valence-electron chi connectivity index (χ3n) is 4.40. The molecule has 0 atom stereocenters. The van der Waals surface area contributed by atoms with Gasteiger partial charge in [0.25, 0.3) is 0 Å². The Balaban J connectivity index is 1.51. The molecule has 1 fully saturated rings. The highest BCUT2D eigenvalue weighted by atomic mass is 35.5. The molecular weight excluding hydrogens is 413 g/mol. The highest BCUT2D eigenvalue weighted by molar-refractivity contribution is 7.99. The molecule has 0 aliphatic heterocycles. The van der Waals surface area contributed by atoms with Crippen molar-refractivity contribution in [3.05, 3.63) is 58.9 Å². The number of nitriles is 1. The van der Waals surface area contributed by atoms with Crippen LogP contribution in [-0.2, 0) is 4.79 Å². The maximum absolute atomic E-state index is 14.2. The van der Waals surface area contributed by atoms with Crippen LogP contribution in [0.5, 0.6) is 0 Å². The molecule has 4 rings (SSSR count). The van der Waals surface area contributed by atoms with Gasteiger partial charge in [-0.15, -0.1) is 10.2 Å². The molecule has 9 heteroatoms. The molecule has 1 saturated carbocycles. The van der Waals surface area contributed by atoms with E-state index in [0.717, 1.165) is 12.8 Å². The van der Waals surface area contributed by atoms with Crippen molar-refractivity contribution in [2.75, 3.05) is 11.1 Å². The van der Waals surface area contributed by atoms with Gasteiger partial charge in [-0.3, -0.25) is 9.36 Å². The summed E-state index contributed by atoms with van der Waals surface area (Å²) >= 11 is 7.17. The van der Waals surface area contributed by atoms with Crippen molar-refractivity contribution in [1.29, 1.82) is 5.26 Å². The minimum Gasteiger partial charge on any atom is -0.324 e. The molecule has 1 N–H and O–H groups in total. The van der Waals surface area contributed by atoms with Gasteiger partial charge in [0.05, 0.1) is 22.6 Å². The molecule has 1 aliphatic carbocycles. The molecule has 6 nitrogen and oxygen atoms in total. The summed E-state index contributed by atoms with van der Waals surface area (Å²) in [5.74, 6) is -0.123. The molecule has 1 amide bonds. The summed E-state index contributed by atoms with van der Waals surface area (Å²) in [5.41, 5.74) is 1.08. The highest BCUT2D eigenvalue weighted by Crippen LogP contribution is 2.41. The Morgan fingerprint density at radius 2 is 2.10 bits per heavy atom. The molecule has 29 heavy (non-hydrogen) atoms. The summed E-state index contributed by atoms with van der Waals surface area (Å²) in [7, 11) is 0. The van der Waals surface area contributed by atoms with Crippen LogP contribution in [0.25, 0.3) is 11.4 Å².